The van der Waals surface area contributed by atoms with Gasteiger partial charge in [0.25, 0.3) is 0 Å². The second-order valence-electron chi connectivity index (χ2n) is 4.98. The molecule has 1 fully saturated rings. The third-order valence-corrected chi connectivity index (χ3v) is 3.66. The highest BCUT2D eigenvalue weighted by Gasteiger charge is 2.20. The molecular weight excluding hydrogens is 240 g/mol. The first-order valence-electron chi connectivity index (χ1n) is 7.04. The van der Waals surface area contributed by atoms with E-state index in [1.165, 1.54) is 0 Å². The van der Waals surface area contributed by atoms with Crippen LogP contribution in [0.5, 0.6) is 0 Å². The van der Waals surface area contributed by atoms with E-state index in [2.05, 4.69) is 46.9 Å². The van der Waals surface area contributed by atoms with Crippen molar-refractivity contribution in [3.05, 3.63) is 18.0 Å². The maximum absolute atomic E-state index is 8.89. The molecular formula is C14H22N4O. The number of aromatic nitrogens is 2. The Labute approximate surface area is 114 Å². The van der Waals surface area contributed by atoms with Crippen molar-refractivity contribution in [1.82, 2.24) is 14.7 Å². The van der Waals surface area contributed by atoms with Crippen molar-refractivity contribution in [3.8, 4) is 6.07 Å². The molecule has 1 aliphatic rings. The van der Waals surface area contributed by atoms with Crippen LogP contribution in [0.3, 0.4) is 0 Å². The quantitative estimate of drug-likeness (QED) is 0.814. The summed E-state index contributed by atoms with van der Waals surface area (Å²) in [7, 11) is 0. The van der Waals surface area contributed by atoms with E-state index in [0.29, 0.717) is 19.2 Å². The topological polar surface area (TPSA) is 54.1 Å². The van der Waals surface area contributed by atoms with E-state index >= 15 is 0 Å². The van der Waals surface area contributed by atoms with Crippen molar-refractivity contribution < 1.29 is 4.74 Å². The Bertz CT molecular complexity index is 433. The molecule has 1 aliphatic heterocycles. The van der Waals surface area contributed by atoms with E-state index in [0.717, 1.165) is 31.6 Å². The molecule has 2 heterocycles. The molecule has 0 aliphatic carbocycles. The number of hydrogen-bond acceptors (Lipinski definition) is 4. The Morgan fingerprint density at radius 1 is 1.53 bits per heavy atom. The predicted octanol–water partition coefficient (Wildman–Crippen LogP) is 1.97. The van der Waals surface area contributed by atoms with Crippen molar-refractivity contribution in [2.45, 2.75) is 45.4 Å². The predicted molar refractivity (Wildman–Crippen MR) is 72.5 cm³/mol. The molecule has 0 amide bonds. The van der Waals surface area contributed by atoms with E-state index in [1.54, 1.807) is 0 Å². The first-order valence-corrected chi connectivity index (χ1v) is 7.04. The molecule has 0 saturated carbocycles. The van der Waals surface area contributed by atoms with Gasteiger partial charge in [-0.2, -0.15) is 10.4 Å². The molecule has 1 aromatic rings. The van der Waals surface area contributed by atoms with Crippen LogP contribution in [-0.4, -0.2) is 40.5 Å². The van der Waals surface area contributed by atoms with Gasteiger partial charge in [-0.15, -0.1) is 0 Å². The summed E-state index contributed by atoms with van der Waals surface area (Å²) in [6, 6.07) is 4.74. The molecule has 0 aromatic carbocycles. The summed E-state index contributed by atoms with van der Waals surface area (Å²) < 4.78 is 7.41. The van der Waals surface area contributed by atoms with Gasteiger partial charge in [-0.25, -0.2) is 0 Å². The summed E-state index contributed by atoms with van der Waals surface area (Å²) in [6.07, 6.45) is 3.97. The number of nitrogens with zero attached hydrogens (tertiary/aromatic N) is 4. The Kier molecular flexibility index (Phi) is 4.94. The van der Waals surface area contributed by atoms with Gasteiger partial charge in [0.15, 0.2) is 6.10 Å². The first-order chi connectivity index (χ1) is 9.26. The third-order valence-electron chi connectivity index (χ3n) is 3.66. The molecule has 0 spiro atoms. The highest BCUT2D eigenvalue weighted by molar-refractivity contribution is 5.01. The zero-order valence-electron chi connectivity index (χ0n) is 11.7. The Hall–Kier alpha value is -1.38. The van der Waals surface area contributed by atoms with Gasteiger partial charge in [0.05, 0.1) is 24.4 Å². The van der Waals surface area contributed by atoms with Crippen LogP contribution >= 0.6 is 0 Å². The molecule has 104 valence electrons. The van der Waals surface area contributed by atoms with Crippen molar-refractivity contribution in [2.24, 2.45) is 0 Å². The summed E-state index contributed by atoms with van der Waals surface area (Å²) >= 11 is 0. The number of morpholine rings is 1. The second kappa shape index (κ2) is 6.69. The largest absolute Gasteiger partial charge is 0.361 e. The molecule has 0 radical (unpaired) electrons. The van der Waals surface area contributed by atoms with Gasteiger partial charge in [-0.1, -0.05) is 13.8 Å². The summed E-state index contributed by atoms with van der Waals surface area (Å²) in [4.78, 5) is 2.23. The molecule has 5 heteroatoms. The van der Waals surface area contributed by atoms with Crippen molar-refractivity contribution in [2.75, 3.05) is 19.7 Å². The molecule has 1 saturated heterocycles. The molecule has 19 heavy (non-hydrogen) atoms. The van der Waals surface area contributed by atoms with E-state index < -0.39 is 0 Å². The molecule has 0 N–H and O–H groups in total. The minimum atomic E-state index is -0.296. The molecule has 1 unspecified atom stereocenters. The van der Waals surface area contributed by atoms with Crippen molar-refractivity contribution in [3.63, 3.8) is 0 Å². The zero-order chi connectivity index (χ0) is 13.7. The van der Waals surface area contributed by atoms with Gasteiger partial charge >= 0.3 is 0 Å². The average molecular weight is 262 g/mol. The van der Waals surface area contributed by atoms with Crippen LogP contribution in [-0.2, 0) is 11.3 Å². The minimum absolute atomic E-state index is 0.296. The first kappa shape index (κ1) is 14.0. The molecule has 1 atom stereocenters. The third kappa shape index (κ3) is 3.55. The lowest BCUT2D eigenvalue weighted by atomic mass is 10.2. The summed E-state index contributed by atoms with van der Waals surface area (Å²) in [5.41, 5.74) is 1.07. The normalized spacial score (nSPS) is 20.6. The fourth-order valence-corrected chi connectivity index (χ4v) is 2.48. The molecule has 2 rings (SSSR count). The van der Waals surface area contributed by atoms with Gasteiger partial charge < -0.3 is 4.74 Å². The van der Waals surface area contributed by atoms with E-state index in [1.807, 2.05) is 0 Å². The Morgan fingerprint density at radius 3 is 3.00 bits per heavy atom. The molecule has 5 nitrogen and oxygen atoms in total. The van der Waals surface area contributed by atoms with E-state index in [4.69, 9.17) is 10.00 Å². The van der Waals surface area contributed by atoms with Gasteiger partial charge in [-0.3, -0.25) is 9.58 Å². The number of hydrogen-bond donors (Lipinski definition) is 0. The van der Waals surface area contributed by atoms with Crippen LogP contribution in [0.15, 0.2) is 12.3 Å². The maximum atomic E-state index is 8.89. The number of nitriles is 1. The van der Waals surface area contributed by atoms with E-state index in [9.17, 15) is 0 Å². The minimum Gasteiger partial charge on any atom is -0.361 e. The lowest BCUT2D eigenvalue weighted by Gasteiger charge is -2.28. The second-order valence-corrected chi connectivity index (χ2v) is 4.98. The summed E-state index contributed by atoms with van der Waals surface area (Å²) in [5.74, 6) is 0. The standard InChI is InChI=1S/C14H22N4O/c1-3-13(4-2)18-6-5-12(16-18)10-17-7-8-19-14(9-15)11-17/h5-6,13-14H,3-4,7-8,10-11H2,1-2H3. The molecule has 1 aromatic heterocycles. The zero-order valence-corrected chi connectivity index (χ0v) is 11.7. The average Bonchev–Trinajstić information content (AvgIpc) is 2.89. The van der Waals surface area contributed by atoms with Gasteiger partial charge in [0.2, 0.25) is 0 Å². The monoisotopic (exact) mass is 262 g/mol. The summed E-state index contributed by atoms with van der Waals surface area (Å²) in [6.45, 7) is 7.36. The van der Waals surface area contributed by atoms with Crippen LogP contribution < -0.4 is 0 Å². The SMILES string of the molecule is CCC(CC)n1ccc(CN2CCOC(C#N)C2)n1. The van der Waals surface area contributed by atoms with Crippen LogP contribution in [0.1, 0.15) is 38.4 Å². The number of ether oxygens (including phenoxy) is 1. The highest BCUT2D eigenvalue weighted by Crippen LogP contribution is 2.15. The van der Waals surface area contributed by atoms with Gasteiger partial charge in [0.1, 0.15) is 0 Å². The molecule has 0 bridgehead atoms. The van der Waals surface area contributed by atoms with Crippen LogP contribution in [0, 0.1) is 11.3 Å². The summed E-state index contributed by atoms with van der Waals surface area (Å²) in [5, 5.41) is 13.5. The van der Waals surface area contributed by atoms with Gasteiger partial charge in [-0.05, 0) is 18.9 Å². The van der Waals surface area contributed by atoms with Crippen LogP contribution in [0.25, 0.3) is 0 Å². The Morgan fingerprint density at radius 2 is 2.32 bits per heavy atom. The fourth-order valence-electron chi connectivity index (χ4n) is 2.48. The smallest absolute Gasteiger partial charge is 0.156 e. The lowest BCUT2D eigenvalue weighted by molar-refractivity contribution is -0.00320. The lowest BCUT2D eigenvalue weighted by Crippen LogP contribution is -2.41. The van der Waals surface area contributed by atoms with Crippen LogP contribution in [0.2, 0.25) is 0 Å². The maximum Gasteiger partial charge on any atom is 0.156 e. The van der Waals surface area contributed by atoms with Gasteiger partial charge in [0, 0.05) is 25.8 Å². The van der Waals surface area contributed by atoms with Crippen LogP contribution in [0.4, 0.5) is 0 Å². The van der Waals surface area contributed by atoms with E-state index in [-0.39, 0.29) is 6.10 Å². The van der Waals surface area contributed by atoms with Crippen molar-refractivity contribution >= 4 is 0 Å². The van der Waals surface area contributed by atoms with Crippen molar-refractivity contribution in [1.29, 1.82) is 5.26 Å². The Balaban J connectivity index is 1.94. The highest BCUT2D eigenvalue weighted by atomic mass is 16.5. The number of rotatable bonds is 5. The fraction of sp³-hybridized carbons (Fsp3) is 0.714.